The van der Waals surface area contributed by atoms with E-state index in [0.717, 1.165) is 16.8 Å². The Balaban J connectivity index is 2.57. The van der Waals surface area contributed by atoms with Crippen LogP contribution in [0.3, 0.4) is 0 Å². The number of carbonyl (C=O) groups is 1. The Morgan fingerprint density at radius 1 is 1.29 bits per heavy atom. The van der Waals surface area contributed by atoms with Crippen molar-refractivity contribution in [1.29, 1.82) is 0 Å². The first-order chi connectivity index (χ1) is 7.99. The van der Waals surface area contributed by atoms with Crippen LogP contribution in [0.2, 0.25) is 0 Å². The summed E-state index contributed by atoms with van der Waals surface area (Å²) in [5, 5.41) is 12.9. The number of nitrogens with zero attached hydrogens (tertiary/aromatic N) is 2. The minimum absolute atomic E-state index is 0.0177. The van der Waals surface area contributed by atoms with Crippen LogP contribution < -0.4 is 5.73 Å². The van der Waals surface area contributed by atoms with E-state index < -0.39 is 5.97 Å². The topological polar surface area (TPSA) is 81.1 Å². The smallest absolute Gasteiger partial charge is 0.341 e. The lowest BCUT2D eigenvalue weighted by atomic mass is 10.1. The molecule has 0 radical (unpaired) electrons. The first-order valence-electron chi connectivity index (χ1n) is 5.14. The summed E-state index contributed by atoms with van der Waals surface area (Å²) in [5.74, 6) is -0.930. The molecular weight excluding hydrogens is 218 g/mol. The third-order valence-corrected chi connectivity index (χ3v) is 2.49. The van der Waals surface area contributed by atoms with Crippen molar-refractivity contribution in [2.75, 3.05) is 5.73 Å². The molecule has 88 valence electrons. The minimum Gasteiger partial charge on any atom is -0.477 e. The van der Waals surface area contributed by atoms with Gasteiger partial charge in [-0.15, -0.1) is 0 Å². The zero-order valence-corrected chi connectivity index (χ0v) is 9.64. The molecule has 0 fully saturated rings. The molecule has 0 saturated carbocycles. The highest BCUT2D eigenvalue weighted by atomic mass is 16.4. The number of aromatic nitrogens is 2. The molecule has 0 bridgehead atoms. The molecule has 1 aromatic carbocycles. The van der Waals surface area contributed by atoms with Gasteiger partial charge in [-0.3, -0.25) is 0 Å². The molecule has 3 N–H and O–H groups in total. The molecule has 0 amide bonds. The Labute approximate surface area is 98.5 Å². The lowest BCUT2D eigenvalue weighted by molar-refractivity contribution is 0.0698. The number of hydrogen-bond acceptors (Lipinski definition) is 3. The second kappa shape index (κ2) is 3.93. The van der Waals surface area contributed by atoms with Crippen LogP contribution in [-0.2, 0) is 0 Å². The largest absolute Gasteiger partial charge is 0.477 e. The summed E-state index contributed by atoms with van der Waals surface area (Å²) in [4.78, 5) is 10.9. The lowest BCUT2D eigenvalue weighted by Crippen LogP contribution is -2.06. The van der Waals surface area contributed by atoms with Gasteiger partial charge in [0.05, 0.1) is 11.9 Å². The van der Waals surface area contributed by atoms with Gasteiger partial charge in [-0.05, 0) is 37.1 Å². The molecule has 0 spiro atoms. The normalized spacial score (nSPS) is 10.5. The van der Waals surface area contributed by atoms with Crippen LogP contribution in [0.5, 0.6) is 0 Å². The van der Waals surface area contributed by atoms with Gasteiger partial charge in [-0.2, -0.15) is 5.10 Å². The van der Waals surface area contributed by atoms with E-state index in [2.05, 4.69) is 5.10 Å². The van der Waals surface area contributed by atoms with Crippen LogP contribution in [0.15, 0.2) is 24.4 Å². The summed E-state index contributed by atoms with van der Waals surface area (Å²) in [6.45, 7) is 3.93. The van der Waals surface area contributed by atoms with Crippen LogP contribution in [0, 0.1) is 13.8 Å². The molecule has 0 unspecified atom stereocenters. The average Bonchev–Trinajstić information content (AvgIpc) is 2.58. The third-order valence-electron chi connectivity index (χ3n) is 2.49. The molecule has 1 heterocycles. The van der Waals surface area contributed by atoms with E-state index in [9.17, 15) is 4.79 Å². The fraction of sp³-hybridized carbons (Fsp3) is 0.167. The number of benzene rings is 1. The van der Waals surface area contributed by atoms with Crippen molar-refractivity contribution in [1.82, 2.24) is 9.78 Å². The molecule has 2 rings (SSSR count). The Morgan fingerprint density at radius 2 is 1.88 bits per heavy atom. The zero-order valence-electron chi connectivity index (χ0n) is 9.64. The predicted octanol–water partition coefficient (Wildman–Crippen LogP) is 1.77. The van der Waals surface area contributed by atoms with Gasteiger partial charge in [0, 0.05) is 0 Å². The van der Waals surface area contributed by atoms with Crippen molar-refractivity contribution in [2.24, 2.45) is 0 Å². The van der Waals surface area contributed by atoms with Gasteiger partial charge in [-0.25, -0.2) is 9.48 Å². The minimum atomic E-state index is -1.07. The van der Waals surface area contributed by atoms with E-state index in [0.29, 0.717) is 0 Å². The highest BCUT2D eigenvalue weighted by molar-refractivity contribution is 5.92. The molecule has 2 aromatic rings. The molecule has 17 heavy (non-hydrogen) atoms. The fourth-order valence-electron chi connectivity index (χ4n) is 1.80. The highest BCUT2D eigenvalue weighted by Crippen LogP contribution is 2.19. The van der Waals surface area contributed by atoms with E-state index in [1.807, 2.05) is 32.0 Å². The van der Waals surface area contributed by atoms with Crippen molar-refractivity contribution < 1.29 is 9.90 Å². The average molecular weight is 231 g/mol. The van der Waals surface area contributed by atoms with Crippen LogP contribution in [0.1, 0.15) is 21.5 Å². The molecule has 5 heteroatoms. The third kappa shape index (κ3) is 1.99. The molecule has 0 aliphatic carbocycles. The summed E-state index contributed by atoms with van der Waals surface area (Å²) in [5.41, 5.74) is 8.70. The SMILES string of the molecule is Cc1cc(C)cc(-n2ncc(C(=O)O)c2N)c1. The first-order valence-corrected chi connectivity index (χ1v) is 5.14. The number of anilines is 1. The summed E-state index contributed by atoms with van der Waals surface area (Å²) >= 11 is 0. The van der Waals surface area contributed by atoms with Crippen molar-refractivity contribution >= 4 is 11.8 Å². The second-order valence-corrected chi connectivity index (χ2v) is 4.01. The Morgan fingerprint density at radius 3 is 2.35 bits per heavy atom. The maximum Gasteiger partial charge on any atom is 0.341 e. The summed E-state index contributed by atoms with van der Waals surface area (Å²) in [6.07, 6.45) is 1.26. The number of aryl methyl sites for hydroxylation is 2. The molecule has 0 atom stereocenters. The predicted molar refractivity (Wildman–Crippen MR) is 64.4 cm³/mol. The van der Waals surface area contributed by atoms with Gasteiger partial charge in [0.1, 0.15) is 11.4 Å². The highest BCUT2D eigenvalue weighted by Gasteiger charge is 2.14. The van der Waals surface area contributed by atoms with Gasteiger partial charge in [0.2, 0.25) is 0 Å². The Kier molecular flexibility index (Phi) is 2.59. The zero-order chi connectivity index (χ0) is 12.6. The van der Waals surface area contributed by atoms with E-state index in [4.69, 9.17) is 10.8 Å². The molecule has 0 aliphatic rings. The van der Waals surface area contributed by atoms with E-state index in [-0.39, 0.29) is 11.4 Å². The number of carboxylic acids is 1. The standard InChI is InChI=1S/C12H13N3O2/c1-7-3-8(2)5-9(4-7)15-11(13)10(6-14-15)12(16)17/h3-6H,13H2,1-2H3,(H,16,17). The molecular formula is C12H13N3O2. The first kappa shape index (κ1) is 11.2. The Bertz CT molecular complexity index is 567. The summed E-state index contributed by atoms with van der Waals surface area (Å²) in [7, 11) is 0. The number of hydrogen-bond donors (Lipinski definition) is 2. The van der Waals surface area contributed by atoms with Crippen molar-refractivity contribution in [3.8, 4) is 5.69 Å². The van der Waals surface area contributed by atoms with Crippen molar-refractivity contribution in [3.05, 3.63) is 41.1 Å². The van der Waals surface area contributed by atoms with Crippen LogP contribution in [-0.4, -0.2) is 20.9 Å². The van der Waals surface area contributed by atoms with Gasteiger partial charge in [0.25, 0.3) is 0 Å². The number of nitrogens with two attached hydrogens (primary N) is 1. The number of nitrogen functional groups attached to an aromatic ring is 1. The van der Waals surface area contributed by atoms with E-state index >= 15 is 0 Å². The number of aromatic carboxylic acids is 1. The lowest BCUT2D eigenvalue weighted by Gasteiger charge is -2.07. The second-order valence-electron chi connectivity index (χ2n) is 4.01. The molecule has 0 aliphatic heterocycles. The van der Waals surface area contributed by atoms with Crippen LogP contribution in [0.4, 0.5) is 5.82 Å². The van der Waals surface area contributed by atoms with Crippen LogP contribution >= 0.6 is 0 Å². The number of carboxylic acid groups (broad SMARTS) is 1. The van der Waals surface area contributed by atoms with Crippen molar-refractivity contribution in [2.45, 2.75) is 13.8 Å². The van der Waals surface area contributed by atoms with Gasteiger partial charge >= 0.3 is 5.97 Å². The maximum absolute atomic E-state index is 10.9. The van der Waals surface area contributed by atoms with Crippen LogP contribution in [0.25, 0.3) is 5.69 Å². The fourth-order valence-corrected chi connectivity index (χ4v) is 1.80. The quantitative estimate of drug-likeness (QED) is 0.825. The van der Waals surface area contributed by atoms with E-state index in [1.165, 1.54) is 10.9 Å². The van der Waals surface area contributed by atoms with Gasteiger partial charge in [0.15, 0.2) is 0 Å². The van der Waals surface area contributed by atoms with Gasteiger partial charge < -0.3 is 10.8 Å². The molecule has 0 saturated heterocycles. The van der Waals surface area contributed by atoms with E-state index in [1.54, 1.807) is 0 Å². The molecule has 5 nitrogen and oxygen atoms in total. The monoisotopic (exact) mass is 231 g/mol. The maximum atomic E-state index is 10.9. The number of rotatable bonds is 2. The van der Waals surface area contributed by atoms with Crippen molar-refractivity contribution in [3.63, 3.8) is 0 Å². The molecule has 1 aromatic heterocycles. The summed E-state index contributed by atoms with van der Waals surface area (Å²) in [6, 6.07) is 5.84. The summed E-state index contributed by atoms with van der Waals surface area (Å²) < 4.78 is 1.43. The Hall–Kier alpha value is -2.30. The van der Waals surface area contributed by atoms with Gasteiger partial charge in [-0.1, -0.05) is 6.07 Å².